The van der Waals surface area contributed by atoms with Crippen LogP contribution < -0.4 is 0 Å². The Labute approximate surface area is 142 Å². The first-order valence-electron chi connectivity index (χ1n) is 7.81. The fourth-order valence-corrected chi connectivity index (χ4v) is 5.02. The highest BCUT2D eigenvalue weighted by molar-refractivity contribution is 7.99. The van der Waals surface area contributed by atoms with Crippen LogP contribution in [0.15, 0.2) is 59.5 Å². The lowest BCUT2D eigenvalue weighted by Crippen LogP contribution is -2.09. The lowest BCUT2D eigenvalue weighted by Gasteiger charge is -2.17. The molecule has 3 nitrogen and oxygen atoms in total. The van der Waals surface area contributed by atoms with E-state index in [1.807, 2.05) is 11.8 Å². The topological polar surface area (TPSA) is 43.4 Å². The van der Waals surface area contributed by atoms with Gasteiger partial charge in [0.2, 0.25) is 0 Å². The Kier molecular flexibility index (Phi) is 5.41. The monoisotopic (exact) mass is 348 g/mol. The van der Waals surface area contributed by atoms with Crippen molar-refractivity contribution in [3.8, 4) is 0 Å². The maximum atomic E-state index is 12.2. The minimum atomic E-state index is -3.66. The van der Waals surface area contributed by atoms with Crippen LogP contribution in [0.5, 0.6) is 0 Å². The molecule has 1 heterocycles. The lowest BCUT2D eigenvalue weighted by atomic mass is 9.99. The van der Waals surface area contributed by atoms with Gasteiger partial charge in [-0.2, -0.15) is 20.2 Å². The molecule has 1 aliphatic rings. The molecule has 0 spiro atoms. The Morgan fingerprint density at radius 3 is 2.61 bits per heavy atom. The molecule has 1 atom stereocenters. The number of thioether (sulfide) groups is 1. The molecule has 0 bridgehead atoms. The van der Waals surface area contributed by atoms with Crippen LogP contribution >= 0.6 is 11.8 Å². The van der Waals surface area contributed by atoms with E-state index in [-0.39, 0.29) is 11.5 Å². The van der Waals surface area contributed by atoms with Gasteiger partial charge in [0.05, 0.1) is 11.5 Å². The second kappa shape index (κ2) is 7.51. The summed E-state index contributed by atoms with van der Waals surface area (Å²) in [6.07, 6.45) is 2.97. The van der Waals surface area contributed by atoms with Crippen molar-refractivity contribution in [1.29, 1.82) is 0 Å². The first-order valence-corrected chi connectivity index (χ1v) is 10.3. The molecule has 2 aromatic rings. The number of rotatable bonds is 5. The van der Waals surface area contributed by atoms with Crippen molar-refractivity contribution in [2.75, 3.05) is 12.4 Å². The van der Waals surface area contributed by atoms with E-state index >= 15 is 0 Å². The Hall–Kier alpha value is -1.30. The summed E-state index contributed by atoms with van der Waals surface area (Å²) in [6, 6.07) is 16.8. The normalized spacial score (nSPS) is 18.2. The number of fused-ring (bicyclic) bond motifs is 1. The van der Waals surface area contributed by atoms with Crippen LogP contribution in [0.3, 0.4) is 0 Å². The van der Waals surface area contributed by atoms with E-state index < -0.39 is 10.1 Å². The zero-order valence-corrected chi connectivity index (χ0v) is 14.5. The quantitative estimate of drug-likeness (QED) is 0.760. The molecule has 5 heteroatoms. The van der Waals surface area contributed by atoms with Gasteiger partial charge >= 0.3 is 0 Å². The average Bonchev–Trinajstić information content (AvgIpc) is 2.78. The predicted octanol–water partition coefficient (Wildman–Crippen LogP) is 4.20. The molecule has 0 aliphatic carbocycles. The predicted molar refractivity (Wildman–Crippen MR) is 94.2 cm³/mol. The summed E-state index contributed by atoms with van der Waals surface area (Å²) in [6.45, 7) is 0.212. The molecule has 0 saturated carbocycles. The molecule has 0 radical (unpaired) electrons. The molecule has 0 amide bonds. The van der Waals surface area contributed by atoms with E-state index in [1.165, 1.54) is 17.5 Å². The molecule has 1 aliphatic heterocycles. The Morgan fingerprint density at radius 2 is 1.78 bits per heavy atom. The fraction of sp³-hybridized carbons (Fsp3) is 0.333. The van der Waals surface area contributed by atoms with Crippen LogP contribution in [-0.2, 0) is 20.7 Å². The van der Waals surface area contributed by atoms with Crippen molar-refractivity contribution in [1.82, 2.24) is 0 Å². The highest BCUT2D eigenvalue weighted by atomic mass is 32.2. The van der Waals surface area contributed by atoms with Crippen molar-refractivity contribution in [3.05, 3.63) is 65.7 Å². The minimum Gasteiger partial charge on any atom is -0.266 e. The van der Waals surface area contributed by atoms with Crippen LogP contribution in [0.2, 0.25) is 0 Å². The first-order chi connectivity index (χ1) is 11.2. The molecular weight excluding hydrogens is 328 g/mol. The molecule has 0 N–H and O–H groups in total. The smallest absolute Gasteiger partial charge is 0.266 e. The Bertz CT molecular complexity index is 742. The van der Waals surface area contributed by atoms with Gasteiger partial charge in [-0.3, -0.25) is 4.18 Å². The third-order valence-corrected chi connectivity index (χ3v) is 6.70. The molecule has 3 rings (SSSR count). The van der Waals surface area contributed by atoms with Crippen molar-refractivity contribution in [2.24, 2.45) is 0 Å². The van der Waals surface area contributed by atoms with E-state index in [0.717, 1.165) is 12.2 Å². The molecule has 2 aromatic carbocycles. The summed E-state index contributed by atoms with van der Waals surface area (Å²) < 4.78 is 29.5. The highest BCUT2D eigenvalue weighted by Gasteiger charge is 2.20. The SMILES string of the molecule is O=S(=O)(OCCC1SCCCc2ccccc21)c1ccccc1. The molecular formula is C18H20O3S2. The second-order valence-electron chi connectivity index (χ2n) is 5.54. The Balaban J connectivity index is 1.65. The van der Waals surface area contributed by atoms with Crippen LogP contribution in [0.25, 0.3) is 0 Å². The Morgan fingerprint density at radius 1 is 1.04 bits per heavy atom. The van der Waals surface area contributed by atoms with Gasteiger partial charge in [0.25, 0.3) is 10.1 Å². The standard InChI is InChI=1S/C18H20O3S2/c19-23(20,16-9-2-1-3-10-16)21-13-12-18-17-11-5-4-7-15(17)8-6-14-22-18/h1-5,7,9-11,18H,6,8,12-14H2. The van der Waals surface area contributed by atoms with Crippen LogP contribution in [0.4, 0.5) is 0 Å². The van der Waals surface area contributed by atoms with Gasteiger partial charge in [-0.1, -0.05) is 42.5 Å². The average molecular weight is 348 g/mol. The van der Waals surface area contributed by atoms with E-state index in [0.29, 0.717) is 11.7 Å². The number of hydrogen-bond donors (Lipinski definition) is 0. The molecule has 0 fully saturated rings. The third-order valence-electron chi connectivity index (χ3n) is 3.96. The number of aryl methyl sites for hydroxylation is 1. The summed E-state index contributed by atoms with van der Waals surface area (Å²) in [5.41, 5.74) is 2.71. The number of benzene rings is 2. The minimum absolute atomic E-state index is 0.212. The summed E-state index contributed by atoms with van der Waals surface area (Å²) in [5, 5.41) is 0.305. The lowest BCUT2D eigenvalue weighted by molar-refractivity contribution is 0.311. The molecule has 1 unspecified atom stereocenters. The van der Waals surface area contributed by atoms with Gasteiger partial charge in [0, 0.05) is 5.25 Å². The summed E-state index contributed by atoms with van der Waals surface area (Å²) in [7, 11) is -3.66. The van der Waals surface area contributed by atoms with Crippen molar-refractivity contribution in [2.45, 2.75) is 29.4 Å². The second-order valence-corrected chi connectivity index (χ2v) is 8.47. The molecule has 0 saturated heterocycles. The first kappa shape index (κ1) is 16.6. The van der Waals surface area contributed by atoms with E-state index in [1.54, 1.807) is 30.3 Å². The maximum absolute atomic E-state index is 12.2. The molecule has 23 heavy (non-hydrogen) atoms. The van der Waals surface area contributed by atoms with Gasteiger partial charge in [-0.15, -0.1) is 0 Å². The molecule has 0 aromatic heterocycles. The van der Waals surface area contributed by atoms with Gasteiger partial charge < -0.3 is 0 Å². The van der Waals surface area contributed by atoms with Gasteiger partial charge in [0.15, 0.2) is 0 Å². The summed E-state index contributed by atoms with van der Waals surface area (Å²) in [5.74, 6) is 1.10. The summed E-state index contributed by atoms with van der Waals surface area (Å²) >= 11 is 1.90. The van der Waals surface area contributed by atoms with E-state index in [9.17, 15) is 8.42 Å². The van der Waals surface area contributed by atoms with Crippen LogP contribution in [0.1, 0.15) is 29.2 Å². The number of hydrogen-bond acceptors (Lipinski definition) is 4. The van der Waals surface area contributed by atoms with E-state index in [4.69, 9.17) is 4.18 Å². The fourth-order valence-electron chi connectivity index (χ4n) is 2.81. The van der Waals surface area contributed by atoms with Gasteiger partial charge in [-0.25, -0.2) is 0 Å². The van der Waals surface area contributed by atoms with Crippen LogP contribution in [0, 0.1) is 0 Å². The zero-order valence-electron chi connectivity index (χ0n) is 12.9. The third kappa shape index (κ3) is 4.16. The van der Waals surface area contributed by atoms with Gasteiger partial charge in [-0.05, 0) is 48.3 Å². The zero-order chi connectivity index (χ0) is 16.1. The van der Waals surface area contributed by atoms with Crippen molar-refractivity contribution >= 4 is 21.9 Å². The van der Waals surface area contributed by atoms with E-state index in [2.05, 4.69) is 24.3 Å². The van der Waals surface area contributed by atoms with Crippen molar-refractivity contribution in [3.63, 3.8) is 0 Å². The van der Waals surface area contributed by atoms with Gasteiger partial charge in [0.1, 0.15) is 0 Å². The van der Waals surface area contributed by atoms with Crippen LogP contribution in [-0.4, -0.2) is 20.8 Å². The van der Waals surface area contributed by atoms with Crippen molar-refractivity contribution < 1.29 is 12.6 Å². The highest BCUT2D eigenvalue weighted by Crippen LogP contribution is 2.38. The largest absolute Gasteiger partial charge is 0.296 e. The molecule has 122 valence electrons. The summed E-state index contributed by atoms with van der Waals surface area (Å²) in [4.78, 5) is 0.217. The maximum Gasteiger partial charge on any atom is 0.296 e.